The number of esters is 1. The molecule has 0 aliphatic carbocycles. The minimum atomic E-state index is -0.406. The molecule has 26 heavy (non-hydrogen) atoms. The molecule has 0 saturated carbocycles. The monoisotopic (exact) mass is 390 g/mol. The van der Waals surface area contributed by atoms with Crippen LogP contribution in [-0.4, -0.2) is 17.7 Å². The molecule has 4 nitrogen and oxygen atoms in total. The molecule has 1 aromatic carbocycles. The Morgan fingerprint density at radius 3 is 2.77 bits per heavy atom. The van der Waals surface area contributed by atoms with Crippen molar-refractivity contribution in [3.05, 3.63) is 63.2 Å². The number of nitrogens with one attached hydrogen (secondary N) is 1. The highest BCUT2D eigenvalue weighted by Gasteiger charge is 2.36. The van der Waals surface area contributed by atoms with Crippen LogP contribution in [0.2, 0.25) is 0 Å². The summed E-state index contributed by atoms with van der Waals surface area (Å²) in [7, 11) is 0. The number of benzene rings is 1. The van der Waals surface area contributed by atoms with Crippen LogP contribution in [0.4, 0.5) is 10.1 Å². The van der Waals surface area contributed by atoms with E-state index < -0.39 is 5.97 Å². The lowest BCUT2D eigenvalue weighted by Crippen LogP contribution is -2.48. The molecular weight excluding hydrogens is 371 g/mol. The lowest BCUT2D eigenvalue weighted by atomic mass is 10.00. The van der Waals surface area contributed by atoms with Gasteiger partial charge in [0.15, 0.2) is 5.11 Å². The fraction of sp³-hybridized carbons (Fsp3) is 0.263. The van der Waals surface area contributed by atoms with Crippen molar-refractivity contribution in [2.75, 3.05) is 11.5 Å². The van der Waals surface area contributed by atoms with Crippen LogP contribution in [0.25, 0.3) is 0 Å². The maximum absolute atomic E-state index is 14.1. The molecule has 0 saturated heterocycles. The Kier molecular flexibility index (Phi) is 5.38. The summed E-state index contributed by atoms with van der Waals surface area (Å²) in [6, 6.07) is 8.37. The molecular formula is C19H19FN2O2S2. The Morgan fingerprint density at radius 1 is 1.38 bits per heavy atom. The van der Waals surface area contributed by atoms with E-state index in [2.05, 4.69) is 5.32 Å². The average molecular weight is 391 g/mol. The number of hydrogen-bond donors (Lipinski definition) is 1. The topological polar surface area (TPSA) is 41.6 Å². The number of halogens is 1. The zero-order valence-corrected chi connectivity index (χ0v) is 16.3. The number of nitrogens with zero attached hydrogens (tertiary/aromatic N) is 1. The summed E-state index contributed by atoms with van der Waals surface area (Å²) >= 11 is 7.06. The molecule has 0 fully saturated rings. The highest BCUT2D eigenvalue weighted by atomic mass is 32.1. The van der Waals surface area contributed by atoms with Crippen LogP contribution < -0.4 is 10.2 Å². The third kappa shape index (κ3) is 3.37. The molecule has 2 heterocycles. The summed E-state index contributed by atoms with van der Waals surface area (Å²) in [4.78, 5) is 15.3. The number of carbonyl (C=O) groups excluding carboxylic acids is 1. The number of thiocarbonyl (C=S) groups is 1. The van der Waals surface area contributed by atoms with Gasteiger partial charge in [-0.15, -0.1) is 11.3 Å². The summed E-state index contributed by atoms with van der Waals surface area (Å²) in [5.74, 6) is -0.729. The van der Waals surface area contributed by atoms with Crippen molar-refractivity contribution in [2.45, 2.75) is 26.8 Å². The Morgan fingerprint density at radius 2 is 2.15 bits per heavy atom. The van der Waals surface area contributed by atoms with Crippen molar-refractivity contribution in [2.24, 2.45) is 0 Å². The maximum atomic E-state index is 14.1. The van der Waals surface area contributed by atoms with E-state index in [4.69, 9.17) is 17.0 Å². The van der Waals surface area contributed by atoms with Gasteiger partial charge in [-0.3, -0.25) is 4.90 Å². The molecule has 2 aromatic rings. The zero-order chi connectivity index (χ0) is 18.8. The molecule has 0 unspecified atom stereocenters. The predicted molar refractivity (Wildman–Crippen MR) is 106 cm³/mol. The van der Waals surface area contributed by atoms with Gasteiger partial charge < -0.3 is 10.1 Å². The van der Waals surface area contributed by atoms with E-state index in [1.165, 1.54) is 17.4 Å². The van der Waals surface area contributed by atoms with Crippen LogP contribution in [0, 0.1) is 12.7 Å². The maximum Gasteiger partial charge on any atom is 0.338 e. The summed E-state index contributed by atoms with van der Waals surface area (Å²) in [5, 5.41) is 5.57. The van der Waals surface area contributed by atoms with E-state index in [1.807, 2.05) is 17.5 Å². The fourth-order valence-electron chi connectivity index (χ4n) is 2.92. The molecule has 3 rings (SSSR count). The quantitative estimate of drug-likeness (QED) is 0.616. The van der Waals surface area contributed by atoms with Gasteiger partial charge in [0.1, 0.15) is 5.82 Å². The van der Waals surface area contributed by atoms with Gasteiger partial charge in [-0.25, -0.2) is 9.18 Å². The fourth-order valence-corrected chi connectivity index (χ4v) is 4.06. The molecule has 1 aliphatic heterocycles. The van der Waals surface area contributed by atoms with Crippen LogP contribution in [0.3, 0.4) is 0 Å². The third-order valence-corrected chi connectivity index (χ3v) is 5.46. The molecule has 1 N–H and O–H groups in total. The lowest BCUT2D eigenvalue weighted by Gasteiger charge is -2.37. The summed E-state index contributed by atoms with van der Waals surface area (Å²) in [5.41, 5.74) is 2.22. The zero-order valence-electron chi connectivity index (χ0n) is 14.7. The van der Waals surface area contributed by atoms with Crippen molar-refractivity contribution in [1.82, 2.24) is 5.32 Å². The van der Waals surface area contributed by atoms with E-state index in [9.17, 15) is 9.18 Å². The Bertz CT molecular complexity index is 878. The molecule has 0 radical (unpaired) electrons. The Balaban J connectivity index is 2.12. The van der Waals surface area contributed by atoms with Gasteiger partial charge in [-0.05, 0) is 62.1 Å². The SMILES string of the molecule is CCOC(=O)C1=C(C)N(c2ccc(C)c(F)c2)C(=S)N[C@H]1c1cccs1. The number of carbonyl (C=O) groups is 1. The Hall–Kier alpha value is -2.25. The van der Waals surface area contributed by atoms with Crippen LogP contribution in [0.1, 0.15) is 30.3 Å². The molecule has 0 bridgehead atoms. The van der Waals surface area contributed by atoms with E-state index in [1.54, 1.807) is 37.8 Å². The first-order chi connectivity index (χ1) is 12.4. The highest BCUT2D eigenvalue weighted by molar-refractivity contribution is 7.80. The van der Waals surface area contributed by atoms with Gasteiger partial charge in [0.25, 0.3) is 0 Å². The first kappa shape index (κ1) is 18.5. The van der Waals surface area contributed by atoms with Crippen molar-refractivity contribution in [3.63, 3.8) is 0 Å². The highest BCUT2D eigenvalue weighted by Crippen LogP contribution is 2.36. The van der Waals surface area contributed by atoms with Gasteiger partial charge in [-0.2, -0.15) is 0 Å². The number of rotatable bonds is 4. The smallest absolute Gasteiger partial charge is 0.338 e. The van der Waals surface area contributed by atoms with E-state index in [0.717, 1.165) is 4.88 Å². The number of thiophene rings is 1. The molecule has 1 aliphatic rings. The van der Waals surface area contributed by atoms with Crippen LogP contribution in [0.5, 0.6) is 0 Å². The number of hydrogen-bond acceptors (Lipinski definition) is 4. The van der Waals surface area contributed by atoms with E-state index in [0.29, 0.717) is 27.6 Å². The van der Waals surface area contributed by atoms with Crippen LogP contribution >= 0.6 is 23.6 Å². The second-order valence-electron chi connectivity index (χ2n) is 5.89. The molecule has 1 aromatic heterocycles. The molecule has 136 valence electrons. The van der Waals surface area contributed by atoms with Gasteiger partial charge in [0.2, 0.25) is 0 Å². The lowest BCUT2D eigenvalue weighted by molar-refractivity contribution is -0.139. The minimum absolute atomic E-state index is 0.274. The van der Waals surface area contributed by atoms with Crippen LogP contribution in [0.15, 0.2) is 47.0 Å². The minimum Gasteiger partial charge on any atom is -0.463 e. The van der Waals surface area contributed by atoms with Crippen molar-refractivity contribution < 1.29 is 13.9 Å². The summed E-state index contributed by atoms with van der Waals surface area (Å²) in [6.07, 6.45) is 0. The summed E-state index contributed by atoms with van der Waals surface area (Å²) < 4.78 is 19.3. The molecule has 1 atom stereocenters. The predicted octanol–water partition coefficient (Wildman–Crippen LogP) is 4.47. The van der Waals surface area contributed by atoms with E-state index >= 15 is 0 Å². The number of ether oxygens (including phenoxy) is 1. The van der Waals surface area contributed by atoms with Crippen molar-refractivity contribution >= 4 is 40.3 Å². The van der Waals surface area contributed by atoms with Gasteiger partial charge in [0, 0.05) is 10.6 Å². The average Bonchev–Trinajstić information content (AvgIpc) is 3.12. The molecule has 7 heteroatoms. The van der Waals surface area contributed by atoms with E-state index in [-0.39, 0.29) is 18.5 Å². The van der Waals surface area contributed by atoms with Crippen LogP contribution in [-0.2, 0) is 9.53 Å². The summed E-state index contributed by atoms with van der Waals surface area (Å²) in [6.45, 7) is 5.54. The first-order valence-electron chi connectivity index (χ1n) is 8.22. The van der Waals surface area contributed by atoms with Gasteiger partial charge in [0.05, 0.1) is 23.9 Å². The molecule has 0 amide bonds. The second kappa shape index (κ2) is 7.55. The number of allylic oxidation sites excluding steroid dienone is 1. The first-order valence-corrected chi connectivity index (χ1v) is 9.51. The van der Waals surface area contributed by atoms with Gasteiger partial charge in [-0.1, -0.05) is 12.1 Å². The normalized spacial score (nSPS) is 17.3. The van der Waals surface area contributed by atoms with Crippen molar-refractivity contribution in [1.29, 1.82) is 0 Å². The van der Waals surface area contributed by atoms with Gasteiger partial charge >= 0.3 is 5.97 Å². The molecule has 0 spiro atoms. The third-order valence-electron chi connectivity index (χ3n) is 4.22. The number of anilines is 1. The largest absolute Gasteiger partial charge is 0.463 e. The second-order valence-corrected chi connectivity index (χ2v) is 7.25. The standard InChI is InChI=1S/C19H19FN2O2S2/c1-4-24-18(23)16-12(3)22(13-8-7-11(2)14(20)10-13)19(25)21-17(16)15-6-5-9-26-15/h5-10,17H,4H2,1-3H3,(H,21,25)/t17-/m0/s1. The van der Waals surface area contributed by atoms with Crippen molar-refractivity contribution in [3.8, 4) is 0 Å². The Labute approximate surface area is 161 Å². The number of aryl methyl sites for hydroxylation is 1.